The summed E-state index contributed by atoms with van der Waals surface area (Å²) in [6.07, 6.45) is 0. The van der Waals surface area contributed by atoms with Gasteiger partial charge in [-0.3, -0.25) is 9.59 Å². The van der Waals surface area contributed by atoms with E-state index in [1.54, 1.807) is 20.8 Å². The van der Waals surface area contributed by atoms with Gasteiger partial charge >= 0.3 is 11.9 Å². The molecule has 0 radical (unpaired) electrons. The number of carbonyl (C=O) groups is 4. The summed E-state index contributed by atoms with van der Waals surface area (Å²) in [5, 5.41) is 2.51. The normalized spacial score (nSPS) is 12.1. The number of anilines is 1. The minimum Gasteiger partial charge on any atom is -0.465 e. The summed E-state index contributed by atoms with van der Waals surface area (Å²) in [5.41, 5.74) is -0.418. The van der Waals surface area contributed by atoms with Gasteiger partial charge in [-0.05, 0) is 18.2 Å². The summed E-state index contributed by atoms with van der Waals surface area (Å²) in [6, 6.07) is 3.98. The summed E-state index contributed by atoms with van der Waals surface area (Å²) in [4.78, 5) is 46.9. The van der Waals surface area contributed by atoms with Crippen LogP contribution in [0.4, 0.5) is 5.69 Å². The first-order valence-electron chi connectivity index (χ1n) is 7.32. The fourth-order valence-corrected chi connectivity index (χ4v) is 2.68. The van der Waals surface area contributed by atoms with E-state index in [4.69, 9.17) is 0 Å². The van der Waals surface area contributed by atoms with Crippen molar-refractivity contribution in [1.29, 1.82) is 0 Å². The van der Waals surface area contributed by atoms with E-state index in [2.05, 4.69) is 30.7 Å². The Morgan fingerprint density at radius 1 is 0.960 bits per heavy atom. The van der Waals surface area contributed by atoms with E-state index in [1.165, 1.54) is 32.4 Å². The topological polar surface area (TPSA) is 98.8 Å². The lowest BCUT2D eigenvalue weighted by atomic mass is 9.89. The number of ketones is 1. The van der Waals surface area contributed by atoms with Gasteiger partial charge in [0.2, 0.25) is 5.91 Å². The van der Waals surface area contributed by atoms with Gasteiger partial charge in [0.15, 0.2) is 10.6 Å². The van der Waals surface area contributed by atoms with Crippen LogP contribution in [0.5, 0.6) is 0 Å². The molecule has 0 bridgehead atoms. The fourth-order valence-electron chi connectivity index (χ4n) is 1.88. The van der Waals surface area contributed by atoms with Crippen molar-refractivity contribution < 1.29 is 28.7 Å². The molecule has 0 saturated carbocycles. The molecule has 0 saturated heterocycles. The van der Waals surface area contributed by atoms with Gasteiger partial charge in [-0.15, -0.1) is 0 Å². The number of alkyl halides is 1. The second-order valence-corrected chi connectivity index (χ2v) is 7.16. The molecule has 1 aromatic carbocycles. The van der Waals surface area contributed by atoms with Gasteiger partial charge < -0.3 is 14.8 Å². The molecule has 1 aromatic rings. The summed E-state index contributed by atoms with van der Waals surface area (Å²) < 4.78 is 9.26. The van der Waals surface area contributed by atoms with E-state index in [0.29, 0.717) is 0 Å². The Kier molecular flexibility index (Phi) is 6.87. The number of rotatable bonds is 5. The minimum atomic E-state index is -1.07. The predicted molar refractivity (Wildman–Crippen MR) is 94.9 cm³/mol. The molecule has 0 aliphatic carbocycles. The molecule has 7 nitrogen and oxygen atoms in total. The molecule has 0 aliphatic rings. The first-order chi connectivity index (χ1) is 11.5. The molecule has 8 heteroatoms. The third-order valence-electron chi connectivity index (χ3n) is 3.24. The number of methoxy groups -OCH3 is 2. The van der Waals surface area contributed by atoms with E-state index in [-0.39, 0.29) is 22.6 Å². The standard InChI is InChI=1S/C17H20BrNO6/c1-17(2,3)13(20)12(18)14(21)19-11-7-9(15(22)24-4)6-10(8-11)16(23)25-5/h6-8,12H,1-5H3,(H,19,21). The molecule has 1 unspecified atom stereocenters. The fraction of sp³-hybridized carbons (Fsp3) is 0.412. The maximum absolute atomic E-state index is 12.3. The van der Waals surface area contributed by atoms with E-state index in [9.17, 15) is 19.2 Å². The highest BCUT2D eigenvalue weighted by Gasteiger charge is 2.32. The van der Waals surface area contributed by atoms with Gasteiger partial charge in [-0.1, -0.05) is 36.7 Å². The van der Waals surface area contributed by atoms with E-state index in [0.717, 1.165) is 0 Å². The van der Waals surface area contributed by atoms with Gasteiger partial charge in [-0.25, -0.2) is 9.59 Å². The SMILES string of the molecule is COC(=O)c1cc(NC(=O)C(Br)C(=O)C(C)(C)C)cc(C(=O)OC)c1. The quantitative estimate of drug-likeness (QED) is 0.452. The van der Waals surface area contributed by atoms with Crippen molar-refractivity contribution in [2.45, 2.75) is 25.6 Å². The lowest BCUT2D eigenvalue weighted by Crippen LogP contribution is -2.37. The molecule has 0 heterocycles. The molecule has 0 spiro atoms. The van der Waals surface area contributed by atoms with Crippen LogP contribution in [0.25, 0.3) is 0 Å². The number of carbonyl (C=O) groups excluding carboxylic acids is 4. The molecular weight excluding hydrogens is 394 g/mol. The summed E-state index contributed by atoms with van der Waals surface area (Å²) >= 11 is 3.08. The zero-order valence-electron chi connectivity index (χ0n) is 14.6. The molecule has 1 rings (SSSR count). The van der Waals surface area contributed by atoms with Crippen molar-refractivity contribution in [3.8, 4) is 0 Å². The third-order valence-corrected chi connectivity index (χ3v) is 4.07. The molecule has 0 aromatic heterocycles. The van der Waals surface area contributed by atoms with Gasteiger partial charge in [0, 0.05) is 11.1 Å². The Balaban J connectivity index is 3.15. The van der Waals surface area contributed by atoms with Crippen molar-refractivity contribution in [2.24, 2.45) is 5.41 Å². The van der Waals surface area contributed by atoms with Crippen LogP contribution in [0.2, 0.25) is 0 Å². The predicted octanol–water partition coefficient (Wildman–Crippen LogP) is 2.58. The number of halogens is 1. The molecule has 0 aliphatic heterocycles. The van der Waals surface area contributed by atoms with Crippen LogP contribution in [-0.2, 0) is 19.1 Å². The van der Waals surface area contributed by atoms with Crippen molar-refractivity contribution in [3.63, 3.8) is 0 Å². The molecular formula is C17H20BrNO6. The number of benzene rings is 1. The van der Waals surface area contributed by atoms with Crippen molar-refractivity contribution in [1.82, 2.24) is 0 Å². The van der Waals surface area contributed by atoms with Crippen molar-refractivity contribution >= 4 is 45.2 Å². The maximum Gasteiger partial charge on any atom is 0.337 e. The molecule has 1 atom stereocenters. The van der Waals surface area contributed by atoms with Crippen LogP contribution >= 0.6 is 15.9 Å². The highest BCUT2D eigenvalue weighted by Crippen LogP contribution is 2.23. The first-order valence-corrected chi connectivity index (χ1v) is 8.23. The van der Waals surface area contributed by atoms with E-state index < -0.39 is 28.1 Å². The Labute approximate surface area is 154 Å². The molecule has 136 valence electrons. The number of hydrogen-bond acceptors (Lipinski definition) is 6. The van der Waals surface area contributed by atoms with Crippen LogP contribution < -0.4 is 5.32 Å². The van der Waals surface area contributed by atoms with E-state index in [1.807, 2.05) is 0 Å². The number of ether oxygens (including phenoxy) is 2. The molecule has 0 fully saturated rings. The smallest absolute Gasteiger partial charge is 0.337 e. The molecule has 25 heavy (non-hydrogen) atoms. The summed E-state index contributed by atoms with van der Waals surface area (Å²) in [6.45, 7) is 5.10. The highest BCUT2D eigenvalue weighted by atomic mass is 79.9. The second-order valence-electron chi connectivity index (χ2n) is 6.25. The molecule has 1 N–H and O–H groups in total. The monoisotopic (exact) mass is 413 g/mol. The van der Waals surface area contributed by atoms with Crippen LogP contribution in [0.3, 0.4) is 0 Å². The third kappa shape index (κ3) is 5.38. The minimum absolute atomic E-state index is 0.0639. The van der Waals surface area contributed by atoms with Crippen molar-refractivity contribution in [2.75, 3.05) is 19.5 Å². The Morgan fingerprint density at radius 3 is 1.76 bits per heavy atom. The first kappa shape index (κ1) is 20.8. The molecule has 1 amide bonds. The van der Waals surface area contributed by atoms with Gasteiger partial charge in [-0.2, -0.15) is 0 Å². The van der Waals surface area contributed by atoms with E-state index >= 15 is 0 Å². The van der Waals surface area contributed by atoms with Crippen LogP contribution in [-0.4, -0.2) is 42.7 Å². The van der Waals surface area contributed by atoms with Crippen molar-refractivity contribution in [3.05, 3.63) is 29.3 Å². The lowest BCUT2D eigenvalue weighted by molar-refractivity contribution is -0.129. The Hall–Kier alpha value is -2.22. The zero-order chi connectivity index (χ0) is 19.4. The Bertz CT molecular complexity index is 673. The average molecular weight is 414 g/mol. The van der Waals surface area contributed by atoms with Gasteiger partial charge in [0.1, 0.15) is 0 Å². The number of Topliss-reactive ketones (excluding diaryl/α,β-unsaturated/α-hetero) is 1. The van der Waals surface area contributed by atoms with Gasteiger partial charge in [0.05, 0.1) is 25.3 Å². The average Bonchev–Trinajstić information content (AvgIpc) is 2.57. The maximum atomic E-state index is 12.3. The van der Waals surface area contributed by atoms with Crippen LogP contribution in [0.1, 0.15) is 41.5 Å². The van der Waals surface area contributed by atoms with Crippen LogP contribution in [0.15, 0.2) is 18.2 Å². The number of hydrogen-bond donors (Lipinski definition) is 1. The van der Waals surface area contributed by atoms with Crippen LogP contribution in [0, 0.1) is 5.41 Å². The Morgan fingerprint density at radius 2 is 1.40 bits per heavy atom. The number of esters is 2. The zero-order valence-corrected chi connectivity index (χ0v) is 16.2. The summed E-state index contributed by atoms with van der Waals surface area (Å²) in [5.74, 6) is -2.27. The lowest BCUT2D eigenvalue weighted by Gasteiger charge is -2.20. The second kappa shape index (κ2) is 8.24. The highest BCUT2D eigenvalue weighted by molar-refractivity contribution is 9.10. The number of amides is 1. The summed E-state index contributed by atoms with van der Waals surface area (Å²) in [7, 11) is 2.39. The van der Waals surface area contributed by atoms with Gasteiger partial charge in [0.25, 0.3) is 0 Å². The number of nitrogens with one attached hydrogen (secondary N) is 1. The largest absolute Gasteiger partial charge is 0.465 e.